The molecule has 8 heteroatoms. The van der Waals surface area contributed by atoms with Gasteiger partial charge in [0.1, 0.15) is 17.4 Å². The average Bonchev–Trinajstić information content (AvgIpc) is 2.25. The van der Waals surface area contributed by atoms with Gasteiger partial charge in [-0.1, -0.05) is 0 Å². The minimum absolute atomic E-state index is 0.424. The zero-order chi connectivity index (χ0) is 13.9. The minimum atomic E-state index is -5.01. The molecule has 0 amide bonds. The lowest BCUT2D eigenvalue weighted by Crippen LogP contribution is -2.19. The van der Waals surface area contributed by atoms with Crippen LogP contribution >= 0.6 is 0 Å². The Balaban J connectivity index is 3.41. The fraction of sp³-hybridized carbons (Fsp3) is 0.200. The van der Waals surface area contributed by atoms with Gasteiger partial charge in [0.05, 0.1) is 12.2 Å². The molecule has 0 aliphatic heterocycles. The molecule has 1 aromatic carbocycles. The number of ether oxygens (including phenoxy) is 1. The van der Waals surface area contributed by atoms with E-state index in [9.17, 15) is 18.0 Å². The maximum atomic E-state index is 12.0. The van der Waals surface area contributed by atoms with Gasteiger partial charge >= 0.3 is 12.3 Å². The molecule has 1 aromatic rings. The van der Waals surface area contributed by atoms with E-state index >= 15 is 0 Å². The molecule has 0 unspecified atom stereocenters. The van der Waals surface area contributed by atoms with Crippen molar-refractivity contribution in [2.24, 2.45) is 0 Å². The summed E-state index contributed by atoms with van der Waals surface area (Å²) < 4.78 is 39.7. The second kappa shape index (κ2) is 4.93. The first kappa shape index (κ1) is 13.8. The van der Waals surface area contributed by atoms with Crippen molar-refractivity contribution in [1.29, 1.82) is 5.26 Å². The number of rotatable bonds is 3. The fourth-order valence-electron chi connectivity index (χ4n) is 1.32. The normalized spacial score (nSPS) is 10.8. The summed E-state index contributed by atoms with van der Waals surface area (Å²) in [7, 11) is 0. The van der Waals surface area contributed by atoms with Crippen LogP contribution in [-0.4, -0.2) is 22.5 Å². The van der Waals surface area contributed by atoms with Crippen LogP contribution in [0.1, 0.15) is 21.5 Å². The Morgan fingerprint density at radius 1 is 1.44 bits per heavy atom. The first-order valence-corrected chi connectivity index (χ1v) is 4.46. The molecule has 96 valence electrons. The number of alkyl halides is 3. The third kappa shape index (κ3) is 2.89. The molecular weight excluding hydrogens is 255 g/mol. The number of carboxylic acids is 1. The number of hydrogen-bond donors (Lipinski definition) is 2. The van der Waals surface area contributed by atoms with Crippen molar-refractivity contribution in [1.82, 2.24) is 0 Å². The molecular formula is C10H6F3NO4. The summed E-state index contributed by atoms with van der Waals surface area (Å²) in [6.45, 7) is -0.889. The number of aliphatic hydroxyl groups excluding tert-OH is 1. The zero-order valence-corrected chi connectivity index (χ0v) is 8.65. The van der Waals surface area contributed by atoms with Crippen molar-refractivity contribution in [3.8, 4) is 11.8 Å². The zero-order valence-electron chi connectivity index (χ0n) is 8.65. The van der Waals surface area contributed by atoms with Crippen molar-refractivity contribution < 1.29 is 32.9 Å². The van der Waals surface area contributed by atoms with Crippen molar-refractivity contribution in [2.75, 3.05) is 0 Å². The van der Waals surface area contributed by atoms with E-state index < -0.39 is 41.4 Å². The molecule has 2 N–H and O–H groups in total. The minimum Gasteiger partial charge on any atom is -0.478 e. The Bertz CT molecular complexity index is 519. The number of nitrogens with zero attached hydrogens (tertiary/aromatic N) is 1. The van der Waals surface area contributed by atoms with Crippen LogP contribution in [0.2, 0.25) is 0 Å². The van der Waals surface area contributed by atoms with Gasteiger partial charge in [-0.25, -0.2) is 4.79 Å². The monoisotopic (exact) mass is 261 g/mol. The molecule has 0 saturated carbocycles. The maximum Gasteiger partial charge on any atom is 0.573 e. The first-order valence-electron chi connectivity index (χ1n) is 4.46. The molecule has 5 nitrogen and oxygen atoms in total. The highest BCUT2D eigenvalue weighted by Crippen LogP contribution is 2.30. The summed E-state index contributed by atoms with van der Waals surface area (Å²) in [6, 6.07) is 2.93. The summed E-state index contributed by atoms with van der Waals surface area (Å²) in [5, 5.41) is 26.4. The quantitative estimate of drug-likeness (QED) is 0.863. The molecule has 0 aliphatic rings. The molecule has 0 saturated heterocycles. The van der Waals surface area contributed by atoms with Crippen LogP contribution in [-0.2, 0) is 6.61 Å². The number of benzene rings is 1. The summed E-state index contributed by atoms with van der Waals surface area (Å²) in [5.74, 6) is -2.31. The number of carboxylic acid groups (broad SMARTS) is 1. The third-order valence-corrected chi connectivity index (χ3v) is 2.00. The van der Waals surface area contributed by atoms with Gasteiger partial charge in [0, 0.05) is 5.56 Å². The van der Waals surface area contributed by atoms with Crippen LogP contribution in [0.5, 0.6) is 5.75 Å². The van der Waals surface area contributed by atoms with E-state index in [-0.39, 0.29) is 0 Å². The van der Waals surface area contributed by atoms with Crippen LogP contribution < -0.4 is 4.74 Å². The number of halogens is 3. The summed E-state index contributed by atoms with van der Waals surface area (Å²) in [4.78, 5) is 10.8. The lowest BCUT2D eigenvalue weighted by atomic mass is 10.0. The van der Waals surface area contributed by atoms with Gasteiger partial charge < -0.3 is 14.9 Å². The van der Waals surface area contributed by atoms with E-state index in [1.807, 2.05) is 0 Å². The van der Waals surface area contributed by atoms with E-state index in [1.54, 1.807) is 0 Å². The highest BCUT2D eigenvalue weighted by atomic mass is 19.4. The smallest absolute Gasteiger partial charge is 0.478 e. The van der Waals surface area contributed by atoms with Crippen molar-refractivity contribution in [3.63, 3.8) is 0 Å². The second-order valence-corrected chi connectivity index (χ2v) is 3.09. The lowest BCUT2D eigenvalue weighted by molar-refractivity contribution is -0.274. The van der Waals surface area contributed by atoms with Crippen molar-refractivity contribution in [2.45, 2.75) is 13.0 Å². The number of carbonyl (C=O) groups is 1. The molecule has 1 rings (SSSR count). The van der Waals surface area contributed by atoms with Gasteiger partial charge in [-0.15, -0.1) is 13.2 Å². The Kier molecular flexibility index (Phi) is 3.78. The third-order valence-electron chi connectivity index (χ3n) is 2.00. The average molecular weight is 261 g/mol. The number of nitriles is 1. The molecule has 0 aromatic heterocycles. The molecule has 0 spiro atoms. The number of hydrogen-bond acceptors (Lipinski definition) is 4. The van der Waals surface area contributed by atoms with Crippen molar-refractivity contribution in [3.05, 3.63) is 28.8 Å². The van der Waals surface area contributed by atoms with E-state index in [1.165, 1.54) is 6.07 Å². The maximum absolute atomic E-state index is 12.0. The van der Waals surface area contributed by atoms with Gasteiger partial charge in [-0.2, -0.15) is 5.26 Å². The Labute approximate surface area is 98.6 Å². The van der Waals surface area contributed by atoms with Gasteiger partial charge in [0.25, 0.3) is 0 Å². The van der Waals surface area contributed by atoms with Gasteiger partial charge in [0.2, 0.25) is 0 Å². The Hall–Kier alpha value is -2.27. The van der Waals surface area contributed by atoms with E-state index in [4.69, 9.17) is 15.5 Å². The van der Waals surface area contributed by atoms with Crippen LogP contribution in [0.4, 0.5) is 13.2 Å². The largest absolute Gasteiger partial charge is 0.573 e. The molecule has 18 heavy (non-hydrogen) atoms. The molecule has 0 atom stereocenters. The Morgan fingerprint density at radius 2 is 2.06 bits per heavy atom. The molecule has 0 bridgehead atoms. The Morgan fingerprint density at radius 3 is 2.44 bits per heavy atom. The van der Waals surface area contributed by atoms with Gasteiger partial charge in [0.15, 0.2) is 0 Å². The second-order valence-electron chi connectivity index (χ2n) is 3.09. The van der Waals surface area contributed by atoms with Crippen LogP contribution in [0.25, 0.3) is 0 Å². The van der Waals surface area contributed by atoms with Crippen molar-refractivity contribution >= 4 is 5.97 Å². The number of aliphatic hydroxyl groups is 1. The predicted molar refractivity (Wildman–Crippen MR) is 50.7 cm³/mol. The standard InChI is InChI=1S/C10H6F3NO4/c11-10(12,13)18-8-2-1-5(9(16)17)7(4-15)6(8)3-14/h1-2,15H,4H2,(H,16,17). The molecule has 0 heterocycles. The predicted octanol–water partition coefficient (Wildman–Crippen LogP) is 1.65. The van der Waals surface area contributed by atoms with E-state index in [0.29, 0.717) is 6.07 Å². The van der Waals surface area contributed by atoms with Crippen LogP contribution in [0.15, 0.2) is 12.1 Å². The van der Waals surface area contributed by atoms with Gasteiger partial charge in [-0.05, 0) is 12.1 Å². The van der Waals surface area contributed by atoms with Crippen LogP contribution in [0.3, 0.4) is 0 Å². The first-order chi connectivity index (χ1) is 8.30. The van der Waals surface area contributed by atoms with E-state index in [0.717, 1.165) is 6.07 Å². The van der Waals surface area contributed by atoms with Gasteiger partial charge in [-0.3, -0.25) is 0 Å². The lowest BCUT2D eigenvalue weighted by Gasteiger charge is -2.13. The summed E-state index contributed by atoms with van der Waals surface area (Å²) >= 11 is 0. The topological polar surface area (TPSA) is 90.5 Å². The SMILES string of the molecule is N#Cc1c(OC(F)(F)F)ccc(C(=O)O)c1CO. The summed E-state index contributed by atoms with van der Waals surface area (Å²) in [6.07, 6.45) is -5.01. The summed E-state index contributed by atoms with van der Waals surface area (Å²) in [5.41, 5.74) is -1.54. The highest BCUT2D eigenvalue weighted by Gasteiger charge is 2.33. The van der Waals surface area contributed by atoms with Crippen LogP contribution in [0, 0.1) is 11.3 Å². The molecule has 0 radical (unpaired) electrons. The molecule has 0 fully saturated rings. The molecule has 0 aliphatic carbocycles. The highest BCUT2D eigenvalue weighted by molar-refractivity contribution is 5.90. The fourth-order valence-corrected chi connectivity index (χ4v) is 1.32. The van der Waals surface area contributed by atoms with E-state index in [2.05, 4.69) is 4.74 Å². The number of aromatic carboxylic acids is 1.